The van der Waals surface area contributed by atoms with Gasteiger partial charge in [0.05, 0.1) is 11.4 Å². The number of ketones is 1. The number of rotatable bonds is 10. The van der Waals surface area contributed by atoms with E-state index in [1.54, 1.807) is 84.9 Å². The Kier molecular flexibility index (Phi) is 8.50. The molecule has 0 aliphatic rings. The van der Waals surface area contributed by atoms with Crippen LogP contribution in [0.25, 0.3) is 16.9 Å². The minimum Gasteiger partial charge on any atom is -0.451 e. The van der Waals surface area contributed by atoms with Crippen molar-refractivity contribution in [2.45, 2.75) is 6.42 Å². The predicted molar refractivity (Wildman–Crippen MR) is 172 cm³/mol. The molecular weight excluding hydrogens is 584 g/mol. The third-order valence-corrected chi connectivity index (χ3v) is 7.18. The molecule has 0 bridgehead atoms. The molecule has 0 fully saturated rings. The highest BCUT2D eigenvalue weighted by Crippen LogP contribution is 2.36. The smallest absolute Gasteiger partial charge is 0.281 e. The van der Waals surface area contributed by atoms with Gasteiger partial charge in [0.1, 0.15) is 16.5 Å². The van der Waals surface area contributed by atoms with Crippen LogP contribution in [-0.2, 0) is 6.42 Å². The molecule has 0 aliphatic heterocycles. The topological polar surface area (TPSA) is 134 Å². The number of benzene rings is 5. The van der Waals surface area contributed by atoms with Crippen LogP contribution in [0.15, 0.2) is 140 Å². The molecular formula is C36H29N4O6+. The van der Waals surface area contributed by atoms with Gasteiger partial charge in [0, 0.05) is 35.2 Å². The number of nitrogens with one attached hydrogen (secondary N) is 1. The maximum absolute atomic E-state index is 13.2. The lowest BCUT2D eigenvalue weighted by atomic mass is 10.0. The van der Waals surface area contributed by atoms with Crippen LogP contribution in [-0.4, -0.2) is 37.1 Å². The summed E-state index contributed by atoms with van der Waals surface area (Å²) in [4.78, 5) is 23.4. The van der Waals surface area contributed by atoms with Crippen molar-refractivity contribution in [3.05, 3.63) is 156 Å². The summed E-state index contributed by atoms with van der Waals surface area (Å²) in [7, 11) is 0. The van der Waals surface area contributed by atoms with E-state index in [1.165, 1.54) is 16.8 Å². The number of amides is 1. The number of para-hydroxylation sites is 1. The predicted octanol–water partition coefficient (Wildman–Crippen LogP) is 7.48. The summed E-state index contributed by atoms with van der Waals surface area (Å²) >= 11 is 0. The highest BCUT2D eigenvalue weighted by Gasteiger charge is 2.31. The van der Waals surface area contributed by atoms with Crippen molar-refractivity contribution in [3.63, 3.8) is 0 Å². The van der Waals surface area contributed by atoms with Gasteiger partial charge in [-0.3, -0.25) is 9.59 Å². The van der Waals surface area contributed by atoms with Gasteiger partial charge in [-0.15, -0.1) is 15.6 Å². The number of nitrogens with zero attached hydrogens (tertiary/aromatic N) is 3. The molecule has 6 aromatic rings. The minimum absolute atomic E-state index is 0.00478. The second-order valence-corrected chi connectivity index (χ2v) is 10.4. The lowest BCUT2D eigenvalue weighted by Crippen LogP contribution is -2.38. The summed E-state index contributed by atoms with van der Waals surface area (Å²) in [5, 5.41) is 38.1. The Morgan fingerprint density at radius 2 is 1.33 bits per heavy atom. The van der Waals surface area contributed by atoms with Crippen LogP contribution < -0.4 is 15.0 Å². The normalized spacial score (nSPS) is 11.2. The molecule has 0 saturated heterocycles. The van der Waals surface area contributed by atoms with E-state index >= 15 is 0 Å². The summed E-state index contributed by atoms with van der Waals surface area (Å²) in [6, 6.07) is 39.8. The van der Waals surface area contributed by atoms with Gasteiger partial charge < -0.3 is 10.1 Å². The average molecular weight is 614 g/mol. The first-order valence-electron chi connectivity index (χ1n) is 14.3. The first-order chi connectivity index (χ1) is 22.2. The summed E-state index contributed by atoms with van der Waals surface area (Å²) in [5.74, 6) is 0.289. The Morgan fingerprint density at radius 1 is 0.717 bits per heavy atom. The lowest BCUT2D eigenvalue weighted by Gasteiger charge is -2.17. The van der Waals surface area contributed by atoms with Gasteiger partial charge in [-0.05, 0) is 42.0 Å². The van der Waals surface area contributed by atoms with E-state index in [0.717, 1.165) is 5.56 Å². The van der Waals surface area contributed by atoms with Gasteiger partial charge in [0.2, 0.25) is 0 Å². The summed E-state index contributed by atoms with van der Waals surface area (Å²) in [6.45, 7) is 0. The van der Waals surface area contributed by atoms with Crippen LogP contribution in [0.5, 0.6) is 11.5 Å². The number of ether oxygens (including phenoxy) is 1. The second-order valence-electron chi connectivity index (χ2n) is 10.4. The van der Waals surface area contributed by atoms with Gasteiger partial charge in [0.25, 0.3) is 11.6 Å². The molecule has 0 atom stereocenters. The molecule has 1 aromatic heterocycles. The molecule has 1 amide bonds. The molecule has 0 aliphatic carbocycles. The van der Waals surface area contributed by atoms with E-state index in [-0.39, 0.29) is 35.4 Å². The van der Waals surface area contributed by atoms with E-state index in [0.29, 0.717) is 28.1 Å². The molecule has 5 aromatic carbocycles. The van der Waals surface area contributed by atoms with E-state index < -0.39 is 10.7 Å². The van der Waals surface area contributed by atoms with Crippen molar-refractivity contribution < 1.29 is 29.9 Å². The third kappa shape index (κ3) is 6.91. The van der Waals surface area contributed by atoms with E-state index in [1.807, 2.05) is 42.5 Å². The number of hydrogen-bond acceptors (Lipinski definition) is 7. The number of quaternary nitrogens is 1. The zero-order valence-electron chi connectivity index (χ0n) is 24.4. The van der Waals surface area contributed by atoms with Crippen LogP contribution in [0.1, 0.15) is 26.3 Å². The van der Waals surface area contributed by atoms with Crippen molar-refractivity contribution in [2.75, 3.05) is 5.32 Å². The Labute approximate surface area is 264 Å². The standard InChI is InChI=1S/C36H28N4O6/c41-33(27-10-4-1-5-11-27)22-25-16-18-26(19-17-25)31-24-35(37-36(42)28-12-6-2-7-13-28)39(38-31)29-20-21-34(32(23-29)40(43,44)45)46-30-14-8-3-9-15-30/h1-21,23-24,43-45H,22H2/p+1. The van der Waals surface area contributed by atoms with Gasteiger partial charge in [0.15, 0.2) is 11.5 Å². The highest BCUT2D eigenvalue weighted by atomic mass is 17.1. The van der Waals surface area contributed by atoms with Gasteiger partial charge in [-0.2, -0.15) is 5.10 Å². The monoisotopic (exact) mass is 613 g/mol. The molecule has 4 N–H and O–H groups in total. The van der Waals surface area contributed by atoms with Gasteiger partial charge in [-0.25, -0.2) is 4.68 Å². The fourth-order valence-corrected chi connectivity index (χ4v) is 4.86. The Morgan fingerprint density at radius 3 is 1.96 bits per heavy atom. The molecule has 10 heteroatoms. The molecule has 10 nitrogen and oxygen atoms in total. The quantitative estimate of drug-likeness (QED) is 0.0715. The van der Waals surface area contributed by atoms with Crippen molar-refractivity contribution in [1.29, 1.82) is 0 Å². The highest BCUT2D eigenvalue weighted by molar-refractivity contribution is 6.04. The molecule has 228 valence electrons. The van der Waals surface area contributed by atoms with Gasteiger partial charge >= 0.3 is 0 Å². The van der Waals surface area contributed by atoms with Crippen LogP contribution in [0.4, 0.5) is 11.5 Å². The number of carbonyl (C=O) groups is 2. The average Bonchev–Trinajstić information content (AvgIpc) is 3.49. The van der Waals surface area contributed by atoms with Crippen molar-refractivity contribution in [3.8, 4) is 28.4 Å². The van der Waals surface area contributed by atoms with Crippen LogP contribution in [0, 0.1) is 0 Å². The van der Waals surface area contributed by atoms with Gasteiger partial charge in [-0.1, -0.05) is 91.0 Å². The Hall–Kier alpha value is -5.91. The Bertz CT molecular complexity index is 1970. The fourth-order valence-electron chi connectivity index (χ4n) is 4.86. The first kappa shape index (κ1) is 30.1. The van der Waals surface area contributed by atoms with Crippen LogP contribution >= 0.6 is 0 Å². The summed E-state index contributed by atoms with van der Waals surface area (Å²) in [6.07, 6.45) is 0.237. The summed E-state index contributed by atoms with van der Waals surface area (Å²) < 4.78 is 7.21. The SMILES string of the molecule is O=C(Cc1ccc(-c2cc(NC(=O)c3ccccc3)n(-c3ccc(Oc4ccccc4)c([N+](O)(O)O)c3)n2)cc1)c1ccccc1. The number of aromatic nitrogens is 2. The number of carbonyl (C=O) groups excluding carboxylic acids is 2. The number of anilines is 1. The minimum atomic E-state index is -2.50. The Balaban J connectivity index is 1.35. The molecule has 0 radical (unpaired) electrons. The van der Waals surface area contributed by atoms with E-state index in [9.17, 15) is 25.2 Å². The zero-order valence-corrected chi connectivity index (χ0v) is 24.4. The maximum atomic E-state index is 13.2. The van der Waals surface area contributed by atoms with E-state index in [2.05, 4.69) is 5.32 Å². The first-order valence-corrected chi connectivity index (χ1v) is 14.3. The zero-order chi connectivity index (χ0) is 32.1. The van der Waals surface area contributed by atoms with E-state index in [4.69, 9.17) is 9.84 Å². The maximum Gasteiger partial charge on any atom is 0.281 e. The number of Topliss-reactive ketones (excluding diaryl/α,β-unsaturated/α-hetero) is 1. The third-order valence-electron chi connectivity index (χ3n) is 7.18. The molecule has 0 saturated carbocycles. The van der Waals surface area contributed by atoms with Crippen LogP contribution in [0.3, 0.4) is 0 Å². The van der Waals surface area contributed by atoms with Crippen LogP contribution in [0.2, 0.25) is 0 Å². The molecule has 6 rings (SSSR count). The number of hydrogen-bond donors (Lipinski definition) is 4. The largest absolute Gasteiger partial charge is 0.451 e. The molecule has 46 heavy (non-hydrogen) atoms. The van der Waals surface area contributed by atoms with Crippen molar-refractivity contribution in [2.24, 2.45) is 0 Å². The molecule has 1 heterocycles. The van der Waals surface area contributed by atoms with Crippen molar-refractivity contribution >= 4 is 23.2 Å². The summed E-state index contributed by atoms with van der Waals surface area (Å²) in [5.41, 5.74) is 2.99. The molecule has 0 spiro atoms. The molecule has 0 unspecified atom stereocenters. The fraction of sp³-hybridized carbons (Fsp3) is 0.0278. The lowest BCUT2D eigenvalue weighted by molar-refractivity contribution is -0.453. The van der Waals surface area contributed by atoms with Crippen molar-refractivity contribution in [1.82, 2.24) is 14.8 Å². The second kappa shape index (κ2) is 13.0.